The summed E-state index contributed by atoms with van der Waals surface area (Å²) in [5, 5.41) is 4.26. The zero-order valence-electron chi connectivity index (χ0n) is 12.3. The lowest BCUT2D eigenvalue weighted by atomic mass is 10.0. The molecule has 3 nitrogen and oxygen atoms in total. The number of carbonyl (C=O) groups excluding carboxylic acids is 1. The third-order valence-electron chi connectivity index (χ3n) is 3.85. The Morgan fingerprint density at radius 3 is 2.65 bits per heavy atom. The lowest BCUT2D eigenvalue weighted by Gasteiger charge is -2.29. The number of benzene rings is 2. The number of aryl methyl sites for hydroxylation is 1. The van der Waals surface area contributed by atoms with Gasteiger partial charge in [-0.2, -0.15) is 0 Å². The Morgan fingerprint density at radius 2 is 1.83 bits per heavy atom. The van der Waals surface area contributed by atoms with E-state index in [1.807, 2.05) is 23.1 Å². The number of amides is 1. The lowest BCUT2D eigenvalue weighted by Crippen LogP contribution is -2.39. The minimum absolute atomic E-state index is 0.000658. The number of para-hydroxylation sites is 1. The molecular weight excluding hydrogens is 355 g/mol. The molecule has 6 heteroatoms. The molecule has 0 unspecified atom stereocenters. The maximum absolute atomic E-state index is 12.6. The van der Waals surface area contributed by atoms with Gasteiger partial charge in [0.2, 0.25) is 5.91 Å². The largest absolute Gasteiger partial charge is 0.375 e. The highest BCUT2D eigenvalue weighted by atomic mass is 35.5. The monoisotopic (exact) mass is 368 g/mol. The van der Waals surface area contributed by atoms with Gasteiger partial charge in [0.1, 0.15) is 0 Å². The molecule has 0 aliphatic carbocycles. The fourth-order valence-electron chi connectivity index (χ4n) is 2.72. The summed E-state index contributed by atoms with van der Waals surface area (Å²) in [4.78, 5) is 14.4. The number of hydrogen-bond donors (Lipinski definition) is 1. The van der Waals surface area contributed by atoms with Crippen LogP contribution in [0, 0.1) is 0 Å². The maximum Gasteiger partial charge on any atom is 0.246 e. The Kier molecular flexibility index (Phi) is 5.00. The van der Waals surface area contributed by atoms with Crippen molar-refractivity contribution in [3.8, 4) is 0 Å². The quantitative estimate of drug-likeness (QED) is 0.769. The summed E-state index contributed by atoms with van der Waals surface area (Å²) >= 11 is 18.0. The van der Waals surface area contributed by atoms with E-state index in [0.29, 0.717) is 20.8 Å². The van der Waals surface area contributed by atoms with E-state index in [1.165, 1.54) is 5.56 Å². The molecular formula is C17H15Cl3N2O. The second kappa shape index (κ2) is 7.00. The summed E-state index contributed by atoms with van der Waals surface area (Å²) in [6.07, 6.45) is 1.97. The molecule has 0 bridgehead atoms. The fraction of sp³-hybridized carbons (Fsp3) is 0.235. The van der Waals surface area contributed by atoms with Crippen LogP contribution < -0.4 is 10.2 Å². The van der Waals surface area contributed by atoms with Crippen molar-refractivity contribution in [3.05, 3.63) is 57.0 Å². The minimum atomic E-state index is -0.000658. The summed E-state index contributed by atoms with van der Waals surface area (Å²) in [7, 11) is 0. The van der Waals surface area contributed by atoms with Crippen LogP contribution in [0.2, 0.25) is 15.1 Å². The normalized spacial score (nSPS) is 13.6. The zero-order chi connectivity index (χ0) is 16.4. The first kappa shape index (κ1) is 16.4. The first-order valence-electron chi connectivity index (χ1n) is 7.33. The van der Waals surface area contributed by atoms with Gasteiger partial charge in [-0.25, -0.2) is 0 Å². The highest BCUT2D eigenvalue weighted by Gasteiger charge is 2.22. The number of carbonyl (C=O) groups is 1. The molecule has 1 aliphatic rings. The minimum Gasteiger partial charge on any atom is -0.375 e. The Labute approximate surface area is 150 Å². The molecule has 1 heterocycles. The van der Waals surface area contributed by atoms with Crippen LogP contribution in [0.25, 0.3) is 0 Å². The van der Waals surface area contributed by atoms with E-state index in [-0.39, 0.29) is 12.5 Å². The van der Waals surface area contributed by atoms with E-state index < -0.39 is 0 Å². The standard InChI is InChI=1S/C17H15Cl3N2O/c18-12-8-14(20)15(9-13(12)19)21-10-17(23)22-7-3-5-11-4-1-2-6-16(11)22/h1-2,4,6,8-9,21H,3,5,7,10H2. The molecule has 120 valence electrons. The van der Waals surface area contributed by atoms with Crippen LogP contribution in [-0.2, 0) is 11.2 Å². The van der Waals surface area contributed by atoms with Crippen LogP contribution in [0.4, 0.5) is 11.4 Å². The zero-order valence-corrected chi connectivity index (χ0v) is 14.5. The Bertz CT molecular complexity index is 749. The Morgan fingerprint density at radius 1 is 1.09 bits per heavy atom. The molecule has 1 aliphatic heterocycles. The van der Waals surface area contributed by atoms with Crippen LogP contribution in [0.15, 0.2) is 36.4 Å². The number of hydrogen-bond acceptors (Lipinski definition) is 2. The summed E-state index contributed by atoms with van der Waals surface area (Å²) in [5.41, 5.74) is 2.80. The number of nitrogens with zero attached hydrogens (tertiary/aromatic N) is 1. The molecule has 1 amide bonds. The predicted molar refractivity (Wildman–Crippen MR) is 97.1 cm³/mol. The van der Waals surface area contributed by atoms with Gasteiger partial charge in [0.05, 0.1) is 27.3 Å². The summed E-state index contributed by atoms with van der Waals surface area (Å²) < 4.78 is 0. The molecule has 2 aromatic carbocycles. The maximum atomic E-state index is 12.6. The van der Waals surface area contributed by atoms with Gasteiger partial charge in [0.25, 0.3) is 0 Å². The van der Waals surface area contributed by atoms with Crippen molar-refractivity contribution >= 4 is 52.1 Å². The average Bonchev–Trinajstić information content (AvgIpc) is 2.56. The molecule has 23 heavy (non-hydrogen) atoms. The number of rotatable bonds is 3. The summed E-state index contributed by atoms with van der Waals surface area (Å²) in [6, 6.07) is 11.2. The van der Waals surface area contributed by atoms with Crippen molar-refractivity contribution in [1.29, 1.82) is 0 Å². The second-order valence-electron chi connectivity index (χ2n) is 5.38. The first-order valence-corrected chi connectivity index (χ1v) is 8.46. The van der Waals surface area contributed by atoms with Crippen LogP contribution >= 0.6 is 34.8 Å². The fourth-order valence-corrected chi connectivity index (χ4v) is 3.33. The van der Waals surface area contributed by atoms with Gasteiger partial charge in [0.15, 0.2) is 0 Å². The first-order chi connectivity index (χ1) is 11.1. The van der Waals surface area contributed by atoms with E-state index >= 15 is 0 Å². The summed E-state index contributed by atoms with van der Waals surface area (Å²) in [6.45, 7) is 0.874. The van der Waals surface area contributed by atoms with E-state index in [1.54, 1.807) is 12.1 Å². The van der Waals surface area contributed by atoms with Crippen LogP contribution in [0.3, 0.4) is 0 Å². The average molecular weight is 370 g/mol. The highest BCUT2D eigenvalue weighted by Crippen LogP contribution is 2.32. The van der Waals surface area contributed by atoms with Crippen molar-refractivity contribution in [1.82, 2.24) is 0 Å². The molecule has 3 rings (SSSR count). The molecule has 0 atom stereocenters. The summed E-state index contributed by atoms with van der Waals surface area (Å²) in [5.74, 6) is -0.000658. The van der Waals surface area contributed by atoms with Crippen LogP contribution in [-0.4, -0.2) is 19.0 Å². The number of fused-ring (bicyclic) bond motifs is 1. The van der Waals surface area contributed by atoms with Gasteiger partial charge in [-0.1, -0.05) is 53.0 Å². The van der Waals surface area contributed by atoms with Gasteiger partial charge < -0.3 is 10.2 Å². The molecule has 0 saturated carbocycles. The SMILES string of the molecule is O=C(CNc1cc(Cl)c(Cl)cc1Cl)N1CCCc2ccccc21. The lowest BCUT2D eigenvalue weighted by molar-refractivity contribution is -0.117. The Balaban J connectivity index is 1.73. The van der Waals surface area contributed by atoms with Gasteiger partial charge in [-0.05, 0) is 36.6 Å². The highest BCUT2D eigenvalue weighted by molar-refractivity contribution is 6.44. The topological polar surface area (TPSA) is 32.3 Å². The van der Waals surface area contributed by atoms with Gasteiger partial charge in [-0.3, -0.25) is 4.79 Å². The van der Waals surface area contributed by atoms with Crippen molar-refractivity contribution < 1.29 is 4.79 Å². The molecule has 1 N–H and O–H groups in total. The third kappa shape index (κ3) is 3.57. The van der Waals surface area contributed by atoms with E-state index in [9.17, 15) is 4.79 Å². The Hall–Kier alpha value is -1.42. The van der Waals surface area contributed by atoms with E-state index in [4.69, 9.17) is 34.8 Å². The van der Waals surface area contributed by atoms with Crippen molar-refractivity contribution in [2.24, 2.45) is 0 Å². The molecule has 2 aromatic rings. The number of nitrogens with one attached hydrogen (secondary N) is 1. The predicted octanol–water partition coefficient (Wildman–Crippen LogP) is 5.04. The number of anilines is 2. The van der Waals surface area contributed by atoms with Crippen LogP contribution in [0.5, 0.6) is 0 Å². The van der Waals surface area contributed by atoms with Gasteiger partial charge in [-0.15, -0.1) is 0 Å². The van der Waals surface area contributed by atoms with E-state index in [2.05, 4.69) is 11.4 Å². The van der Waals surface area contributed by atoms with E-state index in [0.717, 1.165) is 25.1 Å². The molecule has 0 aromatic heterocycles. The molecule has 0 fully saturated rings. The van der Waals surface area contributed by atoms with Gasteiger partial charge in [0, 0.05) is 12.2 Å². The second-order valence-corrected chi connectivity index (χ2v) is 6.60. The number of halogens is 3. The molecule has 0 radical (unpaired) electrons. The molecule has 0 spiro atoms. The molecule has 0 saturated heterocycles. The van der Waals surface area contributed by atoms with Crippen molar-refractivity contribution in [2.75, 3.05) is 23.3 Å². The van der Waals surface area contributed by atoms with Crippen molar-refractivity contribution in [2.45, 2.75) is 12.8 Å². The van der Waals surface area contributed by atoms with Gasteiger partial charge >= 0.3 is 0 Å². The third-order valence-corrected chi connectivity index (χ3v) is 4.89. The van der Waals surface area contributed by atoms with Crippen molar-refractivity contribution in [3.63, 3.8) is 0 Å². The van der Waals surface area contributed by atoms with Crippen LogP contribution in [0.1, 0.15) is 12.0 Å². The smallest absolute Gasteiger partial charge is 0.246 e.